The normalized spacial score (nSPS) is 15.6. The average molecular weight is 249 g/mol. The topological polar surface area (TPSA) is 86.9 Å². The van der Waals surface area contributed by atoms with Gasteiger partial charge in [-0.05, 0) is 18.2 Å². The van der Waals surface area contributed by atoms with E-state index in [2.05, 4.69) is 4.90 Å². The van der Waals surface area contributed by atoms with E-state index >= 15 is 0 Å². The first-order chi connectivity index (χ1) is 8.61. The number of piperazine rings is 1. The molecule has 1 aliphatic rings. The van der Waals surface area contributed by atoms with Crippen molar-refractivity contribution in [3.8, 4) is 0 Å². The maximum atomic E-state index is 10.8. The van der Waals surface area contributed by atoms with Crippen molar-refractivity contribution in [3.63, 3.8) is 0 Å². The zero-order valence-corrected chi connectivity index (χ0v) is 9.87. The Bertz CT molecular complexity index is 468. The summed E-state index contributed by atoms with van der Waals surface area (Å²) in [7, 11) is 0. The molecule has 3 N–H and O–H groups in total. The number of carbonyl (C=O) groups excluding carboxylic acids is 1. The van der Waals surface area contributed by atoms with Crippen LogP contribution in [0.25, 0.3) is 0 Å². The molecule has 1 fully saturated rings. The minimum absolute atomic E-state index is 0.183. The summed E-state index contributed by atoms with van der Waals surface area (Å²) in [5.74, 6) is -0.987. The number of nitrogens with zero attached hydrogens (tertiary/aromatic N) is 2. The van der Waals surface area contributed by atoms with Crippen LogP contribution in [0.5, 0.6) is 0 Å². The molecule has 0 aromatic heterocycles. The lowest BCUT2D eigenvalue weighted by molar-refractivity contribution is -0.118. The van der Waals surface area contributed by atoms with Crippen molar-refractivity contribution < 1.29 is 14.7 Å². The molecule has 1 saturated heterocycles. The van der Waals surface area contributed by atoms with Gasteiger partial charge >= 0.3 is 5.97 Å². The second-order valence-corrected chi connectivity index (χ2v) is 4.21. The second-order valence-electron chi connectivity index (χ2n) is 4.21. The number of hydrogen-bond donors (Lipinski definition) is 2. The highest BCUT2D eigenvalue weighted by atomic mass is 16.4. The summed E-state index contributed by atoms with van der Waals surface area (Å²) >= 11 is 0. The van der Waals surface area contributed by atoms with Crippen LogP contribution in [-0.2, 0) is 4.79 Å². The smallest absolute Gasteiger partial charge is 0.335 e. The van der Waals surface area contributed by atoms with Gasteiger partial charge in [0.15, 0.2) is 0 Å². The second kappa shape index (κ2) is 4.95. The number of carboxylic acid groups (broad SMARTS) is 1. The van der Waals surface area contributed by atoms with Crippen molar-refractivity contribution in [3.05, 3.63) is 23.8 Å². The molecular formula is C12H15N3O3. The molecule has 1 aromatic rings. The number of nitrogens with two attached hydrogens (primary N) is 1. The van der Waals surface area contributed by atoms with Gasteiger partial charge in [-0.25, -0.2) is 4.79 Å². The maximum absolute atomic E-state index is 10.8. The molecule has 6 nitrogen and oxygen atoms in total. The van der Waals surface area contributed by atoms with E-state index in [1.165, 1.54) is 6.07 Å². The van der Waals surface area contributed by atoms with E-state index in [9.17, 15) is 9.59 Å². The van der Waals surface area contributed by atoms with Crippen LogP contribution in [0.1, 0.15) is 10.4 Å². The Labute approximate surface area is 105 Å². The lowest BCUT2D eigenvalue weighted by Gasteiger charge is -2.34. The SMILES string of the molecule is Nc1cc(C(=O)O)ccc1N1CCN(C=O)CC1. The predicted molar refractivity (Wildman–Crippen MR) is 67.7 cm³/mol. The van der Waals surface area contributed by atoms with Gasteiger partial charge in [0.2, 0.25) is 6.41 Å². The number of hydrogen-bond acceptors (Lipinski definition) is 4. The largest absolute Gasteiger partial charge is 0.478 e. The van der Waals surface area contributed by atoms with Crippen molar-refractivity contribution >= 4 is 23.8 Å². The van der Waals surface area contributed by atoms with Gasteiger partial charge in [-0.3, -0.25) is 4.79 Å². The monoisotopic (exact) mass is 249 g/mol. The highest BCUT2D eigenvalue weighted by molar-refractivity contribution is 5.90. The number of benzene rings is 1. The van der Waals surface area contributed by atoms with E-state index in [1.807, 2.05) is 0 Å². The first kappa shape index (κ1) is 12.2. The fourth-order valence-electron chi connectivity index (χ4n) is 2.04. The molecule has 6 heteroatoms. The Morgan fingerprint density at radius 3 is 2.44 bits per heavy atom. The maximum Gasteiger partial charge on any atom is 0.335 e. The third-order valence-corrected chi connectivity index (χ3v) is 3.08. The quantitative estimate of drug-likeness (QED) is 0.592. The van der Waals surface area contributed by atoms with E-state index < -0.39 is 5.97 Å². The highest BCUT2D eigenvalue weighted by Gasteiger charge is 2.18. The molecule has 0 radical (unpaired) electrons. The fraction of sp³-hybridized carbons (Fsp3) is 0.333. The number of amides is 1. The molecule has 0 spiro atoms. The van der Waals surface area contributed by atoms with Crippen LogP contribution >= 0.6 is 0 Å². The third kappa shape index (κ3) is 2.37. The minimum Gasteiger partial charge on any atom is -0.478 e. The minimum atomic E-state index is -0.987. The summed E-state index contributed by atoms with van der Waals surface area (Å²) in [5.41, 5.74) is 7.33. The molecule has 0 unspecified atom stereocenters. The molecule has 1 heterocycles. The van der Waals surface area contributed by atoms with Crippen molar-refractivity contribution in [1.82, 2.24) is 4.90 Å². The average Bonchev–Trinajstić information content (AvgIpc) is 2.38. The lowest BCUT2D eigenvalue weighted by Crippen LogP contribution is -2.45. The van der Waals surface area contributed by atoms with Crippen LogP contribution in [0.2, 0.25) is 0 Å². The van der Waals surface area contributed by atoms with Gasteiger partial charge < -0.3 is 20.6 Å². The third-order valence-electron chi connectivity index (χ3n) is 3.08. The van der Waals surface area contributed by atoms with Gasteiger partial charge in [0, 0.05) is 26.2 Å². The summed E-state index contributed by atoms with van der Waals surface area (Å²) in [6, 6.07) is 4.72. The first-order valence-corrected chi connectivity index (χ1v) is 5.69. The summed E-state index contributed by atoms with van der Waals surface area (Å²) in [6.07, 6.45) is 0.841. The number of nitrogen functional groups attached to an aromatic ring is 1. The summed E-state index contributed by atoms with van der Waals surface area (Å²) in [5, 5.41) is 8.86. The van der Waals surface area contributed by atoms with Crippen LogP contribution < -0.4 is 10.6 Å². The molecule has 1 aliphatic heterocycles. The van der Waals surface area contributed by atoms with E-state index in [1.54, 1.807) is 17.0 Å². The molecule has 0 atom stereocenters. The van der Waals surface area contributed by atoms with Gasteiger partial charge in [-0.15, -0.1) is 0 Å². The predicted octanol–water partition coefficient (Wildman–Crippen LogP) is 0.245. The van der Waals surface area contributed by atoms with E-state index in [-0.39, 0.29) is 5.56 Å². The number of rotatable bonds is 3. The van der Waals surface area contributed by atoms with Gasteiger partial charge in [0.25, 0.3) is 0 Å². The van der Waals surface area contributed by atoms with Gasteiger partial charge in [-0.1, -0.05) is 0 Å². The number of aromatic carboxylic acids is 1. The Morgan fingerprint density at radius 1 is 1.28 bits per heavy atom. The van der Waals surface area contributed by atoms with Gasteiger partial charge in [0.1, 0.15) is 0 Å². The Morgan fingerprint density at radius 2 is 1.94 bits per heavy atom. The standard InChI is InChI=1S/C12H15N3O3/c13-10-7-9(12(17)18)1-2-11(10)15-5-3-14(8-16)4-6-15/h1-2,7-8H,3-6,13H2,(H,17,18). The molecule has 1 aromatic carbocycles. The zero-order chi connectivity index (χ0) is 13.1. The zero-order valence-electron chi connectivity index (χ0n) is 9.87. The highest BCUT2D eigenvalue weighted by Crippen LogP contribution is 2.25. The molecule has 0 bridgehead atoms. The van der Waals surface area contributed by atoms with Crippen molar-refractivity contribution in [2.45, 2.75) is 0 Å². The van der Waals surface area contributed by atoms with Crippen LogP contribution in [-0.4, -0.2) is 48.6 Å². The molecule has 0 saturated carbocycles. The van der Waals surface area contributed by atoms with Gasteiger partial charge in [0.05, 0.1) is 16.9 Å². The molecule has 1 amide bonds. The molecule has 18 heavy (non-hydrogen) atoms. The van der Waals surface area contributed by atoms with Crippen LogP contribution in [0.15, 0.2) is 18.2 Å². The number of carboxylic acids is 1. The van der Waals surface area contributed by atoms with Crippen molar-refractivity contribution in [2.24, 2.45) is 0 Å². The van der Waals surface area contributed by atoms with Crippen molar-refractivity contribution in [1.29, 1.82) is 0 Å². The molecule has 96 valence electrons. The van der Waals surface area contributed by atoms with Crippen LogP contribution in [0.4, 0.5) is 11.4 Å². The molecule has 0 aliphatic carbocycles. The van der Waals surface area contributed by atoms with Crippen LogP contribution in [0.3, 0.4) is 0 Å². The van der Waals surface area contributed by atoms with E-state index in [0.29, 0.717) is 31.9 Å². The Balaban J connectivity index is 2.14. The lowest BCUT2D eigenvalue weighted by atomic mass is 10.1. The fourth-order valence-corrected chi connectivity index (χ4v) is 2.04. The Kier molecular flexibility index (Phi) is 3.36. The number of carbonyl (C=O) groups is 2. The van der Waals surface area contributed by atoms with E-state index in [0.717, 1.165) is 12.1 Å². The summed E-state index contributed by atoms with van der Waals surface area (Å²) < 4.78 is 0. The number of anilines is 2. The molecule has 2 rings (SSSR count). The van der Waals surface area contributed by atoms with Crippen molar-refractivity contribution in [2.75, 3.05) is 36.8 Å². The van der Waals surface area contributed by atoms with Crippen LogP contribution in [0, 0.1) is 0 Å². The Hall–Kier alpha value is -2.24. The van der Waals surface area contributed by atoms with E-state index in [4.69, 9.17) is 10.8 Å². The van der Waals surface area contributed by atoms with Gasteiger partial charge in [-0.2, -0.15) is 0 Å². The molecular weight excluding hydrogens is 234 g/mol. The summed E-state index contributed by atoms with van der Waals surface area (Å²) in [6.45, 7) is 2.72. The summed E-state index contributed by atoms with van der Waals surface area (Å²) in [4.78, 5) is 25.2. The first-order valence-electron chi connectivity index (χ1n) is 5.69.